The molecule has 0 radical (unpaired) electrons. The molecule has 1 aromatic carbocycles. The van der Waals surface area contributed by atoms with Gasteiger partial charge in [-0.05, 0) is 23.9 Å². The van der Waals surface area contributed by atoms with Gasteiger partial charge < -0.3 is 10.5 Å². The lowest BCUT2D eigenvalue weighted by Crippen LogP contribution is -2.21. The van der Waals surface area contributed by atoms with Crippen molar-refractivity contribution >= 4 is 11.3 Å². The van der Waals surface area contributed by atoms with E-state index in [-0.39, 0.29) is 12.1 Å². The molecule has 1 aromatic heterocycles. The van der Waals surface area contributed by atoms with Crippen molar-refractivity contribution in [1.82, 2.24) is 0 Å². The van der Waals surface area contributed by atoms with Gasteiger partial charge in [-0.2, -0.15) is 0 Å². The Balaban J connectivity index is 2.23. The molecule has 17 heavy (non-hydrogen) atoms. The van der Waals surface area contributed by atoms with E-state index in [1.165, 1.54) is 0 Å². The van der Waals surface area contributed by atoms with E-state index in [9.17, 15) is 0 Å². The SMILES string of the molecule is CCOC(c1ccccc1)C(N)c1cccs1. The van der Waals surface area contributed by atoms with Gasteiger partial charge in [-0.3, -0.25) is 0 Å². The number of thiophene rings is 1. The summed E-state index contributed by atoms with van der Waals surface area (Å²) < 4.78 is 5.80. The molecule has 0 spiro atoms. The van der Waals surface area contributed by atoms with Crippen molar-refractivity contribution in [3.63, 3.8) is 0 Å². The average Bonchev–Trinajstić information content (AvgIpc) is 2.90. The molecule has 0 saturated heterocycles. The highest BCUT2D eigenvalue weighted by Crippen LogP contribution is 2.32. The third-order valence-electron chi connectivity index (χ3n) is 2.67. The van der Waals surface area contributed by atoms with Crippen LogP contribution in [0.15, 0.2) is 47.8 Å². The van der Waals surface area contributed by atoms with Crippen LogP contribution in [-0.4, -0.2) is 6.61 Å². The summed E-state index contributed by atoms with van der Waals surface area (Å²) >= 11 is 1.67. The first-order valence-corrected chi connectivity index (χ1v) is 6.66. The Morgan fingerprint density at radius 3 is 2.53 bits per heavy atom. The van der Waals surface area contributed by atoms with E-state index in [0.717, 1.165) is 10.4 Å². The van der Waals surface area contributed by atoms with Crippen molar-refractivity contribution in [3.8, 4) is 0 Å². The minimum atomic E-state index is -0.0997. The highest BCUT2D eigenvalue weighted by molar-refractivity contribution is 7.10. The van der Waals surface area contributed by atoms with E-state index < -0.39 is 0 Å². The molecule has 1 heterocycles. The fraction of sp³-hybridized carbons (Fsp3) is 0.286. The molecule has 0 aliphatic rings. The lowest BCUT2D eigenvalue weighted by molar-refractivity contribution is 0.0437. The maximum absolute atomic E-state index is 6.29. The maximum Gasteiger partial charge on any atom is 0.102 e. The van der Waals surface area contributed by atoms with E-state index in [0.29, 0.717) is 6.61 Å². The molecule has 2 rings (SSSR count). The summed E-state index contributed by atoms with van der Waals surface area (Å²) in [6.45, 7) is 2.66. The van der Waals surface area contributed by atoms with Crippen LogP contribution in [0.5, 0.6) is 0 Å². The summed E-state index contributed by atoms with van der Waals surface area (Å²) in [4.78, 5) is 1.16. The molecule has 2 aromatic rings. The van der Waals surface area contributed by atoms with Gasteiger partial charge in [-0.1, -0.05) is 36.4 Å². The normalized spacial score (nSPS) is 14.5. The maximum atomic E-state index is 6.29. The topological polar surface area (TPSA) is 35.2 Å². The first-order chi connectivity index (χ1) is 8.33. The van der Waals surface area contributed by atoms with Crippen LogP contribution in [-0.2, 0) is 4.74 Å². The quantitative estimate of drug-likeness (QED) is 0.877. The van der Waals surface area contributed by atoms with Gasteiger partial charge in [0.25, 0.3) is 0 Å². The summed E-state index contributed by atoms with van der Waals surface area (Å²) in [5.74, 6) is 0. The third-order valence-corrected chi connectivity index (χ3v) is 3.65. The molecule has 2 N–H and O–H groups in total. The summed E-state index contributed by atoms with van der Waals surface area (Å²) in [6, 6.07) is 14.1. The van der Waals surface area contributed by atoms with E-state index in [2.05, 4.69) is 18.2 Å². The number of rotatable bonds is 5. The standard InChI is InChI=1S/C14H17NOS/c1-2-16-14(11-7-4-3-5-8-11)13(15)12-9-6-10-17-12/h3-10,13-14H,2,15H2,1H3. The minimum absolute atomic E-state index is 0.0696. The summed E-state index contributed by atoms with van der Waals surface area (Å²) in [5, 5.41) is 2.04. The average molecular weight is 247 g/mol. The largest absolute Gasteiger partial charge is 0.372 e. The Bertz CT molecular complexity index is 427. The van der Waals surface area contributed by atoms with Gasteiger partial charge in [0.1, 0.15) is 6.10 Å². The summed E-state index contributed by atoms with van der Waals surface area (Å²) in [5.41, 5.74) is 7.42. The number of hydrogen-bond acceptors (Lipinski definition) is 3. The van der Waals surface area contributed by atoms with Gasteiger partial charge in [-0.15, -0.1) is 11.3 Å². The van der Waals surface area contributed by atoms with Crippen LogP contribution in [0, 0.1) is 0 Å². The van der Waals surface area contributed by atoms with Crippen molar-refractivity contribution in [3.05, 3.63) is 58.3 Å². The summed E-state index contributed by atoms with van der Waals surface area (Å²) in [7, 11) is 0. The second-order valence-corrected chi connectivity index (χ2v) is 4.81. The molecule has 2 nitrogen and oxygen atoms in total. The van der Waals surface area contributed by atoms with Gasteiger partial charge in [0.15, 0.2) is 0 Å². The third kappa shape index (κ3) is 2.94. The molecule has 0 fully saturated rings. The van der Waals surface area contributed by atoms with E-state index in [1.54, 1.807) is 11.3 Å². The molecule has 0 aliphatic heterocycles. The van der Waals surface area contributed by atoms with Crippen molar-refractivity contribution in [1.29, 1.82) is 0 Å². The van der Waals surface area contributed by atoms with Gasteiger partial charge in [0.2, 0.25) is 0 Å². The molecular formula is C14H17NOS. The highest BCUT2D eigenvalue weighted by atomic mass is 32.1. The fourth-order valence-corrected chi connectivity index (χ4v) is 2.61. The van der Waals surface area contributed by atoms with Gasteiger partial charge in [-0.25, -0.2) is 0 Å². The monoisotopic (exact) mass is 247 g/mol. The van der Waals surface area contributed by atoms with Crippen molar-refractivity contribution in [2.45, 2.75) is 19.1 Å². The van der Waals surface area contributed by atoms with E-state index >= 15 is 0 Å². The number of hydrogen-bond donors (Lipinski definition) is 1. The van der Waals surface area contributed by atoms with Crippen molar-refractivity contribution < 1.29 is 4.74 Å². The Hall–Kier alpha value is -1.16. The van der Waals surface area contributed by atoms with Gasteiger partial charge in [0, 0.05) is 11.5 Å². The summed E-state index contributed by atoms with van der Waals surface area (Å²) in [6.07, 6.45) is -0.0696. The van der Waals surface area contributed by atoms with E-state index in [4.69, 9.17) is 10.5 Å². The lowest BCUT2D eigenvalue weighted by Gasteiger charge is -2.23. The molecule has 0 bridgehead atoms. The molecule has 2 atom stereocenters. The predicted octanol–water partition coefficient (Wildman–Crippen LogP) is 3.53. The van der Waals surface area contributed by atoms with Crippen LogP contribution in [0.25, 0.3) is 0 Å². The minimum Gasteiger partial charge on any atom is -0.372 e. The Morgan fingerprint density at radius 2 is 1.94 bits per heavy atom. The highest BCUT2D eigenvalue weighted by Gasteiger charge is 2.22. The Labute approximate surface area is 106 Å². The van der Waals surface area contributed by atoms with Crippen LogP contribution in [0.1, 0.15) is 29.5 Å². The van der Waals surface area contributed by atoms with Crippen LogP contribution in [0.2, 0.25) is 0 Å². The number of ether oxygens (including phenoxy) is 1. The number of nitrogens with two attached hydrogens (primary N) is 1. The van der Waals surface area contributed by atoms with Crippen LogP contribution >= 0.6 is 11.3 Å². The second kappa shape index (κ2) is 5.96. The number of benzene rings is 1. The zero-order valence-electron chi connectivity index (χ0n) is 9.87. The van der Waals surface area contributed by atoms with Crippen LogP contribution < -0.4 is 5.73 Å². The molecule has 90 valence electrons. The second-order valence-electron chi connectivity index (χ2n) is 3.83. The molecule has 0 saturated carbocycles. The molecule has 2 unspecified atom stereocenters. The zero-order chi connectivity index (χ0) is 12.1. The molecule has 0 amide bonds. The van der Waals surface area contributed by atoms with Crippen molar-refractivity contribution in [2.75, 3.05) is 6.61 Å². The zero-order valence-corrected chi connectivity index (χ0v) is 10.7. The van der Waals surface area contributed by atoms with Crippen LogP contribution in [0.4, 0.5) is 0 Å². The van der Waals surface area contributed by atoms with E-state index in [1.807, 2.05) is 36.6 Å². The first-order valence-electron chi connectivity index (χ1n) is 5.78. The van der Waals surface area contributed by atoms with Gasteiger partial charge in [0.05, 0.1) is 6.04 Å². The molecular weight excluding hydrogens is 230 g/mol. The van der Waals surface area contributed by atoms with Crippen molar-refractivity contribution in [2.24, 2.45) is 5.73 Å². The Kier molecular flexibility index (Phi) is 4.31. The fourth-order valence-electron chi connectivity index (χ4n) is 1.86. The van der Waals surface area contributed by atoms with Crippen LogP contribution in [0.3, 0.4) is 0 Å². The molecule has 3 heteroatoms. The smallest absolute Gasteiger partial charge is 0.102 e. The first kappa shape index (κ1) is 12.3. The Morgan fingerprint density at radius 1 is 1.18 bits per heavy atom. The van der Waals surface area contributed by atoms with Gasteiger partial charge >= 0.3 is 0 Å². The lowest BCUT2D eigenvalue weighted by atomic mass is 10.0. The molecule has 0 aliphatic carbocycles. The predicted molar refractivity (Wildman–Crippen MR) is 72.1 cm³/mol.